The van der Waals surface area contributed by atoms with Gasteiger partial charge in [0.1, 0.15) is 0 Å². The maximum absolute atomic E-state index is 11.3. The fourth-order valence-electron chi connectivity index (χ4n) is 0.666. The molecule has 14 heavy (non-hydrogen) atoms. The fraction of sp³-hybridized carbons (Fsp3) is 0.875. The zero-order valence-electron chi connectivity index (χ0n) is 8.66. The Morgan fingerprint density at radius 1 is 1.50 bits per heavy atom. The molecule has 0 bridgehead atoms. The molecule has 0 aromatic carbocycles. The van der Waals surface area contributed by atoms with Crippen molar-refractivity contribution in [1.82, 2.24) is 5.32 Å². The lowest BCUT2D eigenvalue weighted by molar-refractivity contribution is -0.128. The van der Waals surface area contributed by atoms with Gasteiger partial charge in [-0.1, -0.05) is 20.8 Å². The van der Waals surface area contributed by atoms with Gasteiger partial charge in [-0.15, -0.1) is 0 Å². The summed E-state index contributed by atoms with van der Waals surface area (Å²) in [4.78, 5) is 11.3. The highest BCUT2D eigenvalue weighted by molar-refractivity contribution is 7.74. The van der Waals surface area contributed by atoms with Gasteiger partial charge >= 0.3 is 0 Å². The smallest absolute Gasteiger partial charge is 0.225 e. The predicted octanol–water partition coefficient (Wildman–Crippen LogP) is 0.350. The third-order valence-electron chi connectivity index (χ3n) is 1.47. The minimum absolute atomic E-state index is 0.0549. The van der Waals surface area contributed by atoms with E-state index >= 15 is 0 Å². The van der Waals surface area contributed by atoms with Crippen LogP contribution in [0.3, 0.4) is 0 Å². The quantitative estimate of drug-likeness (QED) is 0.537. The van der Waals surface area contributed by atoms with E-state index in [0.29, 0.717) is 13.0 Å². The molecule has 84 valence electrons. The molecule has 5 nitrogen and oxygen atoms in total. The molecule has 6 heteroatoms. The molecule has 0 aliphatic rings. The molecule has 0 rings (SSSR count). The zero-order valence-corrected chi connectivity index (χ0v) is 9.48. The molecule has 1 amide bonds. The summed E-state index contributed by atoms with van der Waals surface area (Å²) in [6, 6.07) is 0. The van der Waals surface area contributed by atoms with Gasteiger partial charge in [0.05, 0.1) is 18.0 Å². The van der Waals surface area contributed by atoms with Crippen molar-refractivity contribution >= 4 is 17.3 Å². The van der Waals surface area contributed by atoms with Gasteiger partial charge in [0.15, 0.2) is 0 Å². The Bertz CT molecular complexity index is 212. The molecule has 0 aliphatic carbocycles. The lowest BCUT2D eigenvalue weighted by Crippen LogP contribution is -2.35. The molecular formula is C8H16NO4S-. The lowest BCUT2D eigenvalue weighted by Gasteiger charge is -2.17. The van der Waals surface area contributed by atoms with Gasteiger partial charge < -0.3 is 14.1 Å². The van der Waals surface area contributed by atoms with Crippen LogP contribution in [0.25, 0.3) is 0 Å². The Kier molecular flexibility index (Phi) is 5.90. The summed E-state index contributed by atoms with van der Waals surface area (Å²) >= 11 is -2.46. The number of amides is 1. The zero-order chi connectivity index (χ0) is 11.2. The molecule has 0 aliphatic heterocycles. The summed E-state index contributed by atoms with van der Waals surface area (Å²) in [6.07, 6.45) is 0.482. The molecule has 1 N–H and O–H groups in total. The number of hydrogen-bond donors (Lipinski definition) is 1. The average molecular weight is 222 g/mol. The van der Waals surface area contributed by atoms with Crippen LogP contribution in [0.2, 0.25) is 0 Å². The maximum atomic E-state index is 11.3. The Balaban J connectivity index is 3.46. The molecular weight excluding hydrogens is 206 g/mol. The Hall–Kier alpha value is -0.460. The van der Waals surface area contributed by atoms with E-state index in [9.17, 15) is 13.6 Å². The lowest BCUT2D eigenvalue weighted by atomic mass is 9.96. The second-order valence-electron chi connectivity index (χ2n) is 3.89. The Labute approximate surface area is 86.7 Å². The van der Waals surface area contributed by atoms with Crippen molar-refractivity contribution in [1.29, 1.82) is 0 Å². The first-order valence-corrected chi connectivity index (χ1v) is 5.35. The number of carbonyl (C=O) groups excluding carboxylic acids is 1. The van der Waals surface area contributed by atoms with Gasteiger partial charge in [0.2, 0.25) is 5.91 Å². The summed E-state index contributed by atoms with van der Waals surface area (Å²) in [5, 5.41) is 2.68. The van der Waals surface area contributed by atoms with Gasteiger partial charge in [-0.05, 0) is 6.42 Å². The van der Waals surface area contributed by atoms with Crippen LogP contribution < -0.4 is 5.32 Å². The molecule has 0 saturated carbocycles. The number of hydrogen-bond acceptors (Lipinski definition) is 4. The first-order valence-electron chi connectivity index (χ1n) is 4.35. The number of rotatable bonds is 5. The molecule has 0 heterocycles. The first-order chi connectivity index (χ1) is 6.34. The largest absolute Gasteiger partial charge is 0.750 e. The third kappa shape index (κ3) is 6.99. The van der Waals surface area contributed by atoms with Crippen molar-refractivity contribution in [3.63, 3.8) is 0 Å². The van der Waals surface area contributed by atoms with Crippen molar-refractivity contribution < 1.29 is 17.7 Å². The number of carbonyl (C=O) groups is 1. The SMILES string of the molecule is CC(C)(C)C(=O)NCCCOS(=O)[O-]. The fourth-order valence-corrected chi connectivity index (χ4v) is 0.920. The van der Waals surface area contributed by atoms with E-state index in [1.165, 1.54) is 0 Å². The monoisotopic (exact) mass is 222 g/mol. The van der Waals surface area contributed by atoms with Crippen LogP contribution in [-0.4, -0.2) is 27.8 Å². The highest BCUT2D eigenvalue weighted by atomic mass is 32.2. The third-order valence-corrected chi connectivity index (χ3v) is 1.83. The summed E-state index contributed by atoms with van der Waals surface area (Å²) in [7, 11) is 0. The molecule has 0 aromatic heterocycles. The second-order valence-corrected chi connectivity index (χ2v) is 4.53. The van der Waals surface area contributed by atoms with Gasteiger partial charge in [-0.25, -0.2) is 4.21 Å². The summed E-state index contributed by atoms with van der Waals surface area (Å²) in [5.74, 6) is -0.0549. The summed E-state index contributed by atoms with van der Waals surface area (Å²) in [5.41, 5.74) is -0.414. The normalized spacial score (nSPS) is 13.7. The average Bonchev–Trinajstić information content (AvgIpc) is 2.01. The van der Waals surface area contributed by atoms with Crippen LogP contribution >= 0.6 is 0 Å². The number of nitrogens with one attached hydrogen (secondary N) is 1. The van der Waals surface area contributed by atoms with E-state index in [2.05, 4.69) is 9.50 Å². The standard InChI is InChI=1S/C8H17NO4S/c1-8(2,3)7(10)9-5-4-6-13-14(11)12/h4-6H2,1-3H3,(H,9,10)(H,11,12)/p-1. The van der Waals surface area contributed by atoms with Crippen LogP contribution in [0.5, 0.6) is 0 Å². The van der Waals surface area contributed by atoms with E-state index in [0.717, 1.165) is 0 Å². The summed E-state index contributed by atoms with van der Waals surface area (Å²) in [6.45, 7) is 5.95. The van der Waals surface area contributed by atoms with Crippen molar-refractivity contribution in [3.8, 4) is 0 Å². The van der Waals surface area contributed by atoms with E-state index in [1.54, 1.807) is 0 Å². The van der Waals surface area contributed by atoms with Crippen LogP contribution in [-0.2, 0) is 20.3 Å². The van der Waals surface area contributed by atoms with Crippen molar-refractivity contribution in [2.45, 2.75) is 27.2 Å². The minimum Gasteiger partial charge on any atom is -0.750 e. The van der Waals surface area contributed by atoms with Crippen LogP contribution in [0, 0.1) is 5.41 Å². The molecule has 0 saturated heterocycles. The molecule has 0 radical (unpaired) electrons. The van der Waals surface area contributed by atoms with Gasteiger partial charge in [-0.3, -0.25) is 4.79 Å². The summed E-state index contributed by atoms with van der Waals surface area (Å²) < 4.78 is 24.2. The molecule has 0 spiro atoms. The predicted molar refractivity (Wildman–Crippen MR) is 52.0 cm³/mol. The topological polar surface area (TPSA) is 78.5 Å². The van der Waals surface area contributed by atoms with Crippen molar-refractivity contribution in [3.05, 3.63) is 0 Å². The van der Waals surface area contributed by atoms with Crippen LogP contribution in [0.4, 0.5) is 0 Å². The molecule has 0 fully saturated rings. The van der Waals surface area contributed by atoms with E-state index in [-0.39, 0.29) is 12.5 Å². The van der Waals surface area contributed by atoms with E-state index in [1.807, 2.05) is 20.8 Å². The molecule has 1 unspecified atom stereocenters. The van der Waals surface area contributed by atoms with Gasteiger partial charge in [0.25, 0.3) is 0 Å². The Morgan fingerprint density at radius 3 is 2.50 bits per heavy atom. The first kappa shape index (κ1) is 13.5. The van der Waals surface area contributed by atoms with E-state index < -0.39 is 16.8 Å². The van der Waals surface area contributed by atoms with Crippen LogP contribution in [0.1, 0.15) is 27.2 Å². The van der Waals surface area contributed by atoms with Gasteiger partial charge in [0, 0.05) is 12.0 Å². The minimum atomic E-state index is -2.46. The Morgan fingerprint density at radius 2 is 2.07 bits per heavy atom. The highest BCUT2D eigenvalue weighted by Crippen LogP contribution is 2.11. The van der Waals surface area contributed by atoms with Crippen molar-refractivity contribution in [2.75, 3.05) is 13.2 Å². The second kappa shape index (κ2) is 6.10. The van der Waals surface area contributed by atoms with Gasteiger partial charge in [-0.2, -0.15) is 0 Å². The molecule has 1 atom stereocenters. The molecule has 0 aromatic rings. The van der Waals surface area contributed by atoms with Crippen molar-refractivity contribution in [2.24, 2.45) is 5.41 Å². The highest BCUT2D eigenvalue weighted by Gasteiger charge is 2.19. The maximum Gasteiger partial charge on any atom is 0.225 e. The van der Waals surface area contributed by atoms with Crippen LogP contribution in [0.15, 0.2) is 0 Å². The van der Waals surface area contributed by atoms with E-state index in [4.69, 9.17) is 0 Å².